The van der Waals surface area contributed by atoms with Crippen LogP contribution in [-0.4, -0.2) is 16.6 Å². The number of halogens is 1. The Labute approximate surface area is 94.8 Å². The molecule has 0 aliphatic heterocycles. The van der Waals surface area contributed by atoms with Crippen LogP contribution in [-0.2, 0) is 4.74 Å². The third-order valence-electron chi connectivity index (χ3n) is 3.11. The van der Waals surface area contributed by atoms with Crippen LogP contribution >= 0.6 is 22.6 Å². The van der Waals surface area contributed by atoms with E-state index in [0.29, 0.717) is 6.10 Å². The molecule has 2 atom stereocenters. The molecule has 2 saturated carbocycles. The highest BCUT2D eigenvalue weighted by Gasteiger charge is 2.26. The quantitative estimate of drug-likeness (QED) is 0.439. The Balaban J connectivity index is 1.72. The van der Waals surface area contributed by atoms with Crippen LogP contribution in [0.1, 0.15) is 44.9 Å². The second-order valence-corrected chi connectivity index (χ2v) is 6.07. The monoisotopic (exact) mass is 294 g/mol. The predicted molar refractivity (Wildman–Crippen MR) is 63.4 cm³/mol. The van der Waals surface area contributed by atoms with E-state index < -0.39 is 0 Å². The van der Waals surface area contributed by atoms with Crippen molar-refractivity contribution in [3.8, 4) is 0 Å². The third-order valence-corrected chi connectivity index (χ3v) is 4.54. The van der Waals surface area contributed by atoms with Crippen molar-refractivity contribution >= 4 is 22.6 Å². The van der Waals surface area contributed by atoms with Crippen LogP contribution in [0.2, 0.25) is 0 Å². The second kappa shape index (κ2) is 4.96. The second-order valence-electron chi connectivity index (χ2n) is 4.47. The maximum Gasteiger partial charge on any atom is 0.0692 e. The molecule has 0 bridgehead atoms. The van der Waals surface area contributed by atoms with Gasteiger partial charge >= 0.3 is 0 Å². The summed E-state index contributed by atoms with van der Waals surface area (Å²) < 4.78 is 6.77. The van der Waals surface area contributed by atoms with E-state index in [1.54, 1.807) is 0 Å². The van der Waals surface area contributed by atoms with Crippen LogP contribution < -0.4 is 0 Å². The highest BCUT2D eigenvalue weighted by Crippen LogP contribution is 2.32. The molecule has 0 spiro atoms. The van der Waals surface area contributed by atoms with Crippen molar-refractivity contribution in [1.29, 1.82) is 0 Å². The van der Waals surface area contributed by atoms with Gasteiger partial charge in [-0.1, -0.05) is 41.9 Å². The number of hydrogen-bond donors (Lipinski definition) is 0. The fourth-order valence-corrected chi connectivity index (χ4v) is 2.97. The Morgan fingerprint density at radius 1 is 1.00 bits per heavy atom. The van der Waals surface area contributed by atoms with Gasteiger partial charge in [0.15, 0.2) is 0 Å². The molecule has 0 N–H and O–H groups in total. The molecule has 2 aliphatic rings. The molecule has 0 amide bonds. The Bertz CT molecular complexity index is 156. The van der Waals surface area contributed by atoms with Gasteiger partial charge < -0.3 is 4.74 Å². The van der Waals surface area contributed by atoms with Gasteiger partial charge in [0.2, 0.25) is 0 Å². The van der Waals surface area contributed by atoms with Crippen LogP contribution in [0, 0.1) is 5.92 Å². The van der Waals surface area contributed by atoms with Gasteiger partial charge in [0.25, 0.3) is 0 Å². The van der Waals surface area contributed by atoms with E-state index in [9.17, 15) is 0 Å². The molecule has 76 valence electrons. The third kappa shape index (κ3) is 3.39. The van der Waals surface area contributed by atoms with Crippen molar-refractivity contribution in [3.05, 3.63) is 0 Å². The molecule has 2 fully saturated rings. The maximum absolute atomic E-state index is 5.99. The minimum Gasteiger partial charge on any atom is -0.377 e. The molecular weight excluding hydrogens is 275 g/mol. The average molecular weight is 294 g/mol. The molecule has 1 nitrogen and oxygen atoms in total. The van der Waals surface area contributed by atoms with Gasteiger partial charge in [-0.05, 0) is 31.6 Å². The SMILES string of the molecule is IC1CCCCCC1OCC1CC1. The Morgan fingerprint density at radius 3 is 2.54 bits per heavy atom. The summed E-state index contributed by atoms with van der Waals surface area (Å²) in [5.74, 6) is 0.923. The smallest absolute Gasteiger partial charge is 0.0692 e. The van der Waals surface area contributed by atoms with Gasteiger partial charge in [-0.25, -0.2) is 0 Å². The molecule has 0 aromatic heterocycles. The van der Waals surface area contributed by atoms with Crippen LogP contribution in [0.3, 0.4) is 0 Å². The predicted octanol–water partition coefficient (Wildman–Crippen LogP) is 3.55. The first kappa shape index (κ1) is 10.2. The van der Waals surface area contributed by atoms with E-state index in [-0.39, 0.29) is 0 Å². The number of alkyl halides is 1. The molecule has 2 rings (SSSR count). The summed E-state index contributed by atoms with van der Waals surface area (Å²) in [5, 5.41) is 0. The molecule has 0 aromatic carbocycles. The lowest BCUT2D eigenvalue weighted by Crippen LogP contribution is -2.23. The molecule has 2 aliphatic carbocycles. The van der Waals surface area contributed by atoms with Crippen LogP contribution in [0.4, 0.5) is 0 Å². The van der Waals surface area contributed by atoms with Gasteiger partial charge in [0, 0.05) is 10.5 Å². The highest BCUT2D eigenvalue weighted by molar-refractivity contribution is 14.1. The normalized spacial score (nSPS) is 35.8. The van der Waals surface area contributed by atoms with E-state index in [1.165, 1.54) is 44.9 Å². The van der Waals surface area contributed by atoms with Crippen LogP contribution in [0.15, 0.2) is 0 Å². The van der Waals surface area contributed by atoms with E-state index in [4.69, 9.17) is 4.74 Å². The molecule has 0 heterocycles. The van der Waals surface area contributed by atoms with Gasteiger partial charge in [-0.3, -0.25) is 0 Å². The lowest BCUT2D eigenvalue weighted by molar-refractivity contribution is 0.0431. The van der Waals surface area contributed by atoms with Crippen LogP contribution in [0.25, 0.3) is 0 Å². The summed E-state index contributed by atoms with van der Waals surface area (Å²) in [6, 6.07) is 0. The van der Waals surface area contributed by atoms with Crippen LogP contribution in [0.5, 0.6) is 0 Å². The van der Waals surface area contributed by atoms with Crippen molar-refractivity contribution in [2.45, 2.75) is 55.0 Å². The largest absolute Gasteiger partial charge is 0.377 e. The maximum atomic E-state index is 5.99. The zero-order valence-electron chi connectivity index (χ0n) is 8.18. The Kier molecular flexibility index (Phi) is 3.90. The minimum atomic E-state index is 0.573. The van der Waals surface area contributed by atoms with E-state index >= 15 is 0 Å². The number of hydrogen-bond acceptors (Lipinski definition) is 1. The van der Waals surface area contributed by atoms with Crippen molar-refractivity contribution in [3.63, 3.8) is 0 Å². The zero-order chi connectivity index (χ0) is 9.10. The van der Waals surface area contributed by atoms with Gasteiger partial charge in [0.1, 0.15) is 0 Å². The Hall–Kier alpha value is 0.690. The van der Waals surface area contributed by atoms with Gasteiger partial charge in [-0.2, -0.15) is 0 Å². The molecule has 13 heavy (non-hydrogen) atoms. The summed E-state index contributed by atoms with van der Waals surface area (Å²) in [5.41, 5.74) is 0. The summed E-state index contributed by atoms with van der Waals surface area (Å²) in [6.45, 7) is 1.05. The lowest BCUT2D eigenvalue weighted by Gasteiger charge is -2.20. The number of ether oxygens (including phenoxy) is 1. The Morgan fingerprint density at radius 2 is 1.77 bits per heavy atom. The molecule has 0 aromatic rings. The molecule has 2 heteroatoms. The van der Waals surface area contributed by atoms with Crippen molar-refractivity contribution in [2.24, 2.45) is 5.92 Å². The fraction of sp³-hybridized carbons (Fsp3) is 1.00. The van der Waals surface area contributed by atoms with E-state index in [0.717, 1.165) is 16.4 Å². The first-order chi connectivity index (χ1) is 6.36. The van der Waals surface area contributed by atoms with Crippen molar-refractivity contribution in [1.82, 2.24) is 0 Å². The summed E-state index contributed by atoms with van der Waals surface area (Å²) in [6.07, 6.45) is 10.3. The summed E-state index contributed by atoms with van der Waals surface area (Å²) >= 11 is 2.59. The molecule has 0 saturated heterocycles. The lowest BCUT2D eigenvalue weighted by atomic mass is 10.1. The van der Waals surface area contributed by atoms with E-state index in [1.807, 2.05) is 0 Å². The fourth-order valence-electron chi connectivity index (χ4n) is 1.96. The average Bonchev–Trinajstić information content (AvgIpc) is 2.90. The minimum absolute atomic E-state index is 0.573. The standard InChI is InChI=1S/C11H19IO/c12-10-4-2-1-3-5-11(10)13-8-9-6-7-9/h9-11H,1-8H2. The summed E-state index contributed by atoms with van der Waals surface area (Å²) in [7, 11) is 0. The topological polar surface area (TPSA) is 9.23 Å². The molecule has 0 radical (unpaired) electrons. The van der Waals surface area contributed by atoms with Gasteiger partial charge in [-0.15, -0.1) is 0 Å². The molecular formula is C11H19IO. The van der Waals surface area contributed by atoms with E-state index in [2.05, 4.69) is 22.6 Å². The van der Waals surface area contributed by atoms with Crippen molar-refractivity contribution < 1.29 is 4.74 Å². The van der Waals surface area contributed by atoms with Gasteiger partial charge in [0.05, 0.1) is 6.10 Å². The van der Waals surface area contributed by atoms with Crippen molar-refractivity contribution in [2.75, 3.05) is 6.61 Å². The number of rotatable bonds is 3. The first-order valence-electron chi connectivity index (χ1n) is 5.62. The zero-order valence-corrected chi connectivity index (χ0v) is 10.3. The molecule has 2 unspecified atom stereocenters. The summed E-state index contributed by atoms with van der Waals surface area (Å²) in [4.78, 5) is 0. The highest BCUT2D eigenvalue weighted by atomic mass is 127. The first-order valence-corrected chi connectivity index (χ1v) is 6.86.